The fraction of sp³-hybridized carbons (Fsp3) is 0.714. The average Bonchev–Trinajstić information content (AvgIpc) is 3.54. The van der Waals surface area contributed by atoms with E-state index in [1.54, 1.807) is 11.0 Å². The van der Waals surface area contributed by atoms with E-state index in [4.69, 9.17) is 9.47 Å². The Bertz CT molecular complexity index is 935. The number of benzene rings is 1. The molecule has 1 aliphatic heterocycles. The summed E-state index contributed by atoms with van der Waals surface area (Å²) in [5.41, 5.74) is 1.45. The molecule has 1 saturated heterocycles. The second kappa shape index (κ2) is 9.64. The fourth-order valence-corrected chi connectivity index (χ4v) is 6.10. The van der Waals surface area contributed by atoms with Crippen LogP contribution in [0.4, 0.5) is 4.79 Å². The van der Waals surface area contributed by atoms with Crippen LogP contribution in [-0.4, -0.2) is 59.1 Å². The van der Waals surface area contributed by atoms with E-state index in [-0.39, 0.29) is 41.0 Å². The van der Waals surface area contributed by atoms with Gasteiger partial charge in [0.1, 0.15) is 11.4 Å². The first-order valence-electron chi connectivity index (χ1n) is 13.0. The summed E-state index contributed by atoms with van der Waals surface area (Å²) in [4.78, 5) is 26.1. The Morgan fingerprint density at radius 1 is 1.17 bits per heavy atom. The number of esters is 1. The van der Waals surface area contributed by atoms with Gasteiger partial charge in [0, 0.05) is 18.5 Å². The van der Waals surface area contributed by atoms with Gasteiger partial charge in [-0.15, -0.1) is 0 Å². The van der Waals surface area contributed by atoms with Crippen LogP contribution in [0.2, 0.25) is 0 Å². The highest BCUT2D eigenvalue weighted by molar-refractivity contribution is 5.73. The van der Waals surface area contributed by atoms with E-state index in [1.165, 1.54) is 7.11 Å². The number of likely N-dealkylation sites (tertiary alicyclic amines) is 1. The minimum atomic E-state index is -0.486. The van der Waals surface area contributed by atoms with Crippen molar-refractivity contribution in [1.82, 2.24) is 4.90 Å². The Morgan fingerprint density at radius 3 is 2.37 bits per heavy atom. The molecule has 2 aliphatic carbocycles. The second-order valence-corrected chi connectivity index (χ2v) is 12.2. The molecule has 2 N–H and O–H groups in total. The molecule has 3 unspecified atom stereocenters. The van der Waals surface area contributed by atoms with E-state index >= 15 is 0 Å². The molecule has 7 nitrogen and oxygen atoms in total. The van der Waals surface area contributed by atoms with Gasteiger partial charge in [-0.05, 0) is 94.2 Å². The summed E-state index contributed by atoms with van der Waals surface area (Å²) in [6, 6.07) is 5.74. The molecular weight excluding hydrogens is 446 g/mol. The summed E-state index contributed by atoms with van der Waals surface area (Å²) in [6.45, 7) is 8.93. The van der Waals surface area contributed by atoms with Gasteiger partial charge in [0.05, 0.1) is 19.1 Å². The van der Waals surface area contributed by atoms with Crippen molar-refractivity contribution < 1.29 is 29.3 Å². The molecule has 0 aromatic heterocycles. The largest absolute Gasteiger partial charge is 0.508 e. The summed E-state index contributed by atoms with van der Waals surface area (Å²) >= 11 is 0. The van der Waals surface area contributed by atoms with Crippen LogP contribution in [0.1, 0.15) is 76.8 Å². The van der Waals surface area contributed by atoms with Crippen LogP contribution in [0.3, 0.4) is 0 Å². The SMILES string of the molecule is COC(=O)C(C)C(c1ccc(CCC(O)C2CC3(C2)CN(C(=O)OC(C)(C)C)C3)c(O)c1)C1CC1. The third-order valence-electron chi connectivity index (χ3n) is 8.08. The van der Waals surface area contributed by atoms with E-state index in [0.717, 1.165) is 36.8 Å². The van der Waals surface area contributed by atoms with Gasteiger partial charge >= 0.3 is 12.1 Å². The van der Waals surface area contributed by atoms with Crippen molar-refractivity contribution in [2.45, 2.75) is 83.8 Å². The maximum Gasteiger partial charge on any atom is 0.410 e. The number of hydrogen-bond donors (Lipinski definition) is 2. The van der Waals surface area contributed by atoms with Crippen molar-refractivity contribution in [2.24, 2.45) is 23.2 Å². The Hall–Kier alpha value is -2.28. The fourth-order valence-electron chi connectivity index (χ4n) is 6.10. The molecule has 194 valence electrons. The molecule has 7 heteroatoms. The van der Waals surface area contributed by atoms with Crippen LogP contribution in [0.5, 0.6) is 5.75 Å². The smallest absolute Gasteiger partial charge is 0.410 e. The number of ether oxygens (including phenoxy) is 2. The number of aryl methyl sites for hydroxylation is 1. The van der Waals surface area contributed by atoms with E-state index in [0.29, 0.717) is 31.8 Å². The molecule has 4 rings (SSSR count). The monoisotopic (exact) mass is 487 g/mol. The van der Waals surface area contributed by atoms with E-state index in [9.17, 15) is 19.8 Å². The van der Waals surface area contributed by atoms with Gasteiger partial charge in [0.25, 0.3) is 0 Å². The minimum Gasteiger partial charge on any atom is -0.508 e. The zero-order valence-electron chi connectivity index (χ0n) is 21.8. The van der Waals surface area contributed by atoms with Crippen molar-refractivity contribution in [3.63, 3.8) is 0 Å². The highest BCUT2D eigenvalue weighted by Gasteiger charge is 2.55. The number of amides is 1. The standard InChI is InChI=1S/C28H41NO6/c1-17(25(32)34-5)24(19-7-8-19)20-9-6-18(23(31)12-20)10-11-22(30)21-13-28(14-21)15-29(16-28)26(33)35-27(2,3)4/h6,9,12,17,19,21-22,24,30-31H,7-8,10-11,13-16H2,1-5H3. The predicted octanol–water partition coefficient (Wildman–Crippen LogP) is 4.64. The van der Waals surface area contributed by atoms with Gasteiger partial charge in [-0.1, -0.05) is 19.1 Å². The summed E-state index contributed by atoms with van der Waals surface area (Å²) in [7, 11) is 1.42. The van der Waals surface area contributed by atoms with E-state index in [1.807, 2.05) is 39.8 Å². The first-order valence-corrected chi connectivity index (χ1v) is 13.0. The van der Waals surface area contributed by atoms with Crippen molar-refractivity contribution in [3.8, 4) is 5.75 Å². The number of carbonyl (C=O) groups is 2. The number of rotatable bonds is 8. The molecular formula is C28H41NO6. The van der Waals surface area contributed by atoms with Gasteiger partial charge in [-0.3, -0.25) is 4.79 Å². The topological polar surface area (TPSA) is 96.3 Å². The molecule has 1 aromatic carbocycles. The number of aromatic hydroxyl groups is 1. The molecule has 0 bridgehead atoms. The molecule has 3 aliphatic rings. The second-order valence-electron chi connectivity index (χ2n) is 12.2. The summed E-state index contributed by atoms with van der Waals surface area (Å²) < 4.78 is 10.4. The quantitative estimate of drug-likeness (QED) is 0.519. The first-order chi connectivity index (χ1) is 16.4. The zero-order valence-corrected chi connectivity index (χ0v) is 21.8. The van der Waals surface area contributed by atoms with Crippen LogP contribution < -0.4 is 0 Å². The maximum absolute atomic E-state index is 12.2. The summed E-state index contributed by atoms with van der Waals surface area (Å²) in [5, 5.41) is 21.4. The Morgan fingerprint density at radius 2 is 1.83 bits per heavy atom. The third kappa shape index (κ3) is 5.76. The highest BCUT2D eigenvalue weighted by Crippen LogP contribution is 2.54. The van der Waals surface area contributed by atoms with Crippen molar-refractivity contribution >= 4 is 12.1 Å². The molecule has 0 radical (unpaired) electrons. The minimum absolute atomic E-state index is 0.0573. The molecule has 3 atom stereocenters. The molecule has 2 saturated carbocycles. The Kier molecular flexibility index (Phi) is 7.11. The third-order valence-corrected chi connectivity index (χ3v) is 8.08. The predicted molar refractivity (Wildman–Crippen MR) is 132 cm³/mol. The Labute approximate surface area is 208 Å². The number of hydrogen-bond acceptors (Lipinski definition) is 6. The molecule has 1 heterocycles. The maximum atomic E-state index is 12.2. The van der Waals surface area contributed by atoms with Gasteiger partial charge in [-0.2, -0.15) is 0 Å². The summed E-state index contributed by atoms with van der Waals surface area (Å²) in [6.07, 6.45) is 4.55. The lowest BCUT2D eigenvalue weighted by molar-refractivity contribution is -0.145. The number of phenolic OH excluding ortho intramolecular Hbond substituents is 1. The molecule has 1 aromatic rings. The average molecular weight is 488 g/mol. The van der Waals surface area contributed by atoms with E-state index in [2.05, 4.69) is 0 Å². The van der Waals surface area contributed by atoms with Gasteiger partial charge < -0.3 is 24.6 Å². The van der Waals surface area contributed by atoms with Crippen LogP contribution in [-0.2, 0) is 20.7 Å². The van der Waals surface area contributed by atoms with Crippen LogP contribution in [0.15, 0.2) is 18.2 Å². The number of carbonyl (C=O) groups excluding carboxylic acids is 2. The normalized spacial score (nSPS) is 22.1. The van der Waals surface area contributed by atoms with Gasteiger partial charge in [0.15, 0.2) is 0 Å². The van der Waals surface area contributed by atoms with Crippen molar-refractivity contribution in [2.75, 3.05) is 20.2 Å². The van der Waals surface area contributed by atoms with Crippen LogP contribution >= 0.6 is 0 Å². The molecule has 3 fully saturated rings. The number of phenols is 1. The highest BCUT2D eigenvalue weighted by atomic mass is 16.6. The number of aliphatic hydroxyl groups is 1. The summed E-state index contributed by atoms with van der Waals surface area (Å²) in [5.74, 6) is 0.518. The van der Waals surface area contributed by atoms with Crippen LogP contribution in [0.25, 0.3) is 0 Å². The van der Waals surface area contributed by atoms with Gasteiger partial charge in [0.2, 0.25) is 0 Å². The zero-order chi connectivity index (χ0) is 25.5. The number of methoxy groups -OCH3 is 1. The molecule has 35 heavy (non-hydrogen) atoms. The van der Waals surface area contributed by atoms with Crippen LogP contribution in [0, 0.1) is 23.2 Å². The number of aliphatic hydroxyl groups excluding tert-OH is 1. The molecule has 1 spiro atoms. The first kappa shape index (κ1) is 25.8. The van der Waals surface area contributed by atoms with Crippen molar-refractivity contribution in [3.05, 3.63) is 29.3 Å². The number of nitrogens with zero attached hydrogens (tertiary/aromatic N) is 1. The van der Waals surface area contributed by atoms with Gasteiger partial charge in [-0.25, -0.2) is 4.79 Å². The lowest BCUT2D eigenvalue weighted by atomic mass is 9.56. The van der Waals surface area contributed by atoms with Crippen molar-refractivity contribution in [1.29, 1.82) is 0 Å². The lowest BCUT2D eigenvalue weighted by Crippen LogP contribution is -2.65. The molecule has 1 amide bonds. The lowest BCUT2D eigenvalue weighted by Gasteiger charge is -2.59. The Balaban J connectivity index is 1.25. The van der Waals surface area contributed by atoms with E-state index < -0.39 is 11.7 Å².